The summed E-state index contributed by atoms with van der Waals surface area (Å²) in [5.74, 6) is 2.62. The molecule has 0 aromatic carbocycles. The Balaban J connectivity index is 1.42. The molecule has 6 nitrogen and oxygen atoms in total. The third kappa shape index (κ3) is 2.09. The minimum atomic E-state index is 0.413. The van der Waals surface area contributed by atoms with E-state index in [-0.39, 0.29) is 0 Å². The molecule has 1 aliphatic carbocycles. The van der Waals surface area contributed by atoms with Crippen LogP contribution in [0.5, 0.6) is 0 Å². The Labute approximate surface area is 140 Å². The standard InChI is InChI=1S/C18H20N6/c1-12-6-7-16-21-22-17(24(16)8-12)13-9-23(10-13)18-14-4-2-3-5-15(14)19-11-20-18/h6-8,11,13H,2-5,9-10H2,1H3. The van der Waals surface area contributed by atoms with Crippen LogP contribution in [0.4, 0.5) is 5.82 Å². The largest absolute Gasteiger partial charge is 0.355 e. The molecule has 0 spiro atoms. The number of fused-ring (bicyclic) bond motifs is 2. The van der Waals surface area contributed by atoms with E-state index in [0.717, 1.165) is 43.2 Å². The van der Waals surface area contributed by atoms with E-state index >= 15 is 0 Å². The lowest BCUT2D eigenvalue weighted by molar-refractivity contribution is 0.488. The highest BCUT2D eigenvalue weighted by molar-refractivity contribution is 5.53. The lowest BCUT2D eigenvalue weighted by Gasteiger charge is -2.40. The van der Waals surface area contributed by atoms with Gasteiger partial charge in [0.1, 0.15) is 18.0 Å². The van der Waals surface area contributed by atoms with Crippen molar-refractivity contribution in [2.24, 2.45) is 0 Å². The molecule has 1 aliphatic heterocycles. The van der Waals surface area contributed by atoms with Crippen LogP contribution in [0.1, 0.15) is 41.4 Å². The Kier molecular flexibility index (Phi) is 3.04. The number of aryl methyl sites for hydroxylation is 2. The predicted octanol–water partition coefficient (Wildman–Crippen LogP) is 2.31. The monoisotopic (exact) mass is 320 g/mol. The topological polar surface area (TPSA) is 59.2 Å². The number of rotatable bonds is 2. The molecule has 0 bridgehead atoms. The lowest BCUT2D eigenvalue weighted by atomic mass is 9.93. The second kappa shape index (κ2) is 5.26. The summed E-state index contributed by atoms with van der Waals surface area (Å²) in [6.45, 7) is 4.01. The molecule has 5 rings (SSSR count). The molecule has 3 aromatic heterocycles. The van der Waals surface area contributed by atoms with Crippen LogP contribution in [-0.2, 0) is 12.8 Å². The highest BCUT2D eigenvalue weighted by Gasteiger charge is 2.34. The van der Waals surface area contributed by atoms with Crippen molar-refractivity contribution >= 4 is 11.5 Å². The first-order chi connectivity index (χ1) is 11.8. The molecular formula is C18H20N6. The molecule has 24 heavy (non-hydrogen) atoms. The van der Waals surface area contributed by atoms with Gasteiger partial charge in [-0.15, -0.1) is 10.2 Å². The molecule has 1 fully saturated rings. The van der Waals surface area contributed by atoms with E-state index < -0.39 is 0 Å². The lowest BCUT2D eigenvalue weighted by Crippen LogP contribution is -2.47. The van der Waals surface area contributed by atoms with E-state index in [1.807, 2.05) is 6.07 Å². The minimum Gasteiger partial charge on any atom is -0.355 e. The first-order valence-electron chi connectivity index (χ1n) is 8.68. The molecule has 6 heteroatoms. The van der Waals surface area contributed by atoms with E-state index in [1.54, 1.807) is 6.33 Å². The molecule has 0 radical (unpaired) electrons. The minimum absolute atomic E-state index is 0.413. The Hall–Kier alpha value is -2.50. The van der Waals surface area contributed by atoms with Gasteiger partial charge < -0.3 is 4.90 Å². The number of pyridine rings is 1. The Bertz CT molecular complexity index is 909. The summed E-state index contributed by atoms with van der Waals surface area (Å²) in [7, 11) is 0. The molecule has 122 valence electrons. The van der Waals surface area contributed by atoms with Gasteiger partial charge in [-0.1, -0.05) is 6.07 Å². The zero-order chi connectivity index (χ0) is 16.1. The molecule has 1 saturated heterocycles. The smallest absolute Gasteiger partial charge is 0.160 e. The molecule has 0 saturated carbocycles. The molecule has 3 aromatic rings. The molecule has 0 unspecified atom stereocenters. The van der Waals surface area contributed by atoms with Crippen LogP contribution < -0.4 is 4.90 Å². The Morgan fingerprint density at radius 2 is 1.92 bits per heavy atom. The number of hydrogen-bond acceptors (Lipinski definition) is 5. The average molecular weight is 320 g/mol. The van der Waals surface area contributed by atoms with Gasteiger partial charge in [0.15, 0.2) is 5.65 Å². The second-order valence-electron chi connectivity index (χ2n) is 6.92. The molecule has 0 N–H and O–H groups in total. The average Bonchev–Trinajstić information content (AvgIpc) is 2.97. The van der Waals surface area contributed by atoms with Crippen molar-refractivity contribution in [3.8, 4) is 0 Å². The van der Waals surface area contributed by atoms with E-state index in [4.69, 9.17) is 0 Å². The van der Waals surface area contributed by atoms with Gasteiger partial charge in [0.05, 0.1) is 5.92 Å². The van der Waals surface area contributed by atoms with Crippen molar-refractivity contribution in [3.05, 3.63) is 47.3 Å². The Morgan fingerprint density at radius 3 is 2.83 bits per heavy atom. The van der Waals surface area contributed by atoms with E-state index in [1.165, 1.54) is 29.7 Å². The van der Waals surface area contributed by atoms with Gasteiger partial charge in [0.25, 0.3) is 0 Å². The van der Waals surface area contributed by atoms with Crippen molar-refractivity contribution in [1.82, 2.24) is 24.6 Å². The summed E-state index contributed by atoms with van der Waals surface area (Å²) in [4.78, 5) is 11.4. The molecule has 4 heterocycles. The summed E-state index contributed by atoms with van der Waals surface area (Å²) in [6, 6.07) is 4.11. The molecular weight excluding hydrogens is 300 g/mol. The zero-order valence-corrected chi connectivity index (χ0v) is 13.8. The van der Waals surface area contributed by atoms with Gasteiger partial charge in [-0.25, -0.2) is 9.97 Å². The van der Waals surface area contributed by atoms with Crippen molar-refractivity contribution < 1.29 is 0 Å². The van der Waals surface area contributed by atoms with Gasteiger partial charge in [0.2, 0.25) is 0 Å². The SMILES string of the molecule is Cc1ccc2nnc(C3CN(c4ncnc5c4CCCC5)C3)n2c1. The molecule has 0 amide bonds. The van der Waals surface area contributed by atoms with Crippen LogP contribution in [-0.4, -0.2) is 37.7 Å². The predicted molar refractivity (Wildman–Crippen MR) is 91.4 cm³/mol. The fraction of sp³-hybridized carbons (Fsp3) is 0.444. The van der Waals surface area contributed by atoms with Crippen molar-refractivity contribution in [1.29, 1.82) is 0 Å². The quantitative estimate of drug-likeness (QED) is 0.725. The highest BCUT2D eigenvalue weighted by Crippen LogP contribution is 2.34. The molecule has 0 atom stereocenters. The number of aromatic nitrogens is 5. The van der Waals surface area contributed by atoms with Gasteiger partial charge in [-0.2, -0.15) is 0 Å². The van der Waals surface area contributed by atoms with E-state index in [0.29, 0.717) is 5.92 Å². The summed E-state index contributed by atoms with van der Waals surface area (Å²) in [5, 5.41) is 8.73. The molecule has 2 aliphatic rings. The second-order valence-corrected chi connectivity index (χ2v) is 6.92. The third-order valence-corrected chi connectivity index (χ3v) is 5.23. The van der Waals surface area contributed by atoms with Crippen molar-refractivity contribution in [2.75, 3.05) is 18.0 Å². The summed E-state index contributed by atoms with van der Waals surface area (Å²) in [6.07, 6.45) is 8.55. The zero-order valence-electron chi connectivity index (χ0n) is 13.8. The van der Waals surface area contributed by atoms with Crippen LogP contribution in [0.25, 0.3) is 5.65 Å². The number of hydrogen-bond donors (Lipinski definition) is 0. The first-order valence-corrected chi connectivity index (χ1v) is 8.68. The van der Waals surface area contributed by atoms with Crippen LogP contribution in [0.3, 0.4) is 0 Å². The van der Waals surface area contributed by atoms with Crippen LogP contribution in [0.2, 0.25) is 0 Å². The van der Waals surface area contributed by atoms with Crippen molar-refractivity contribution in [3.63, 3.8) is 0 Å². The maximum Gasteiger partial charge on any atom is 0.160 e. The number of nitrogens with zero attached hydrogens (tertiary/aromatic N) is 6. The van der Waals surface area contributed by atoms with Gasteiger partial charge in [0, 0.05) is 30.5 Å². The van der Waals surface area contributed by atoms with E-state index in [2.05, 4.69) is 48.7 Å². The van der Waals surface area contributed by atoms with Gasteiger partial charge >= 0.3 is 0 Å². The van der Waals surface area contributed by atoms with Gasteiger partial charge in [-0.05, 0) is 44.2 Å². The third-order valence-electron chi connectivity index (χ3n) is 5.23. The normalized spacial score (nSPS) is 17.8. The van der Waals surface area contributed by atoms with E-state index in [9.17, 15) is 0 Å². The van der Waals surface area contributed by atoms with Gasteiger partial charge in [-0.3, -0.25) is 4.40 Å². The summed E-state index contributed by atoms with van der Waals surface area (Å²) < 4.78 is 2.13. The highest BCUT2D eigenvalue weighted by atomic mass is 15.3. The number of anilines is 1. The first kappa shape index (κ1) is 13.9. The van der Waals surface area contributed by atoms with Crippen LogP contribution >= 0.6 is 0 Å². The fourth-order valence-corrected chi connectivity index (χ4v) is 3.88. The van der Waals surface area contributed by atoms with Crippen LogP contribution in [0, 0.1) is 6.92 Å². The maximum atomic E-state index is 4.58. The van der Waals surface area contributed by atoms with Crippen LogP contribution in [0.15, 0.2) is 24.7 Å². The maximum absolute atomic E-state index is 4.58. The fourth-order valence-electron chi connectivity index (χ4n) is 3.88. The Morgan fingerprint density at radius 1 is 1.04 bits per heavy atom. The van der Waals surface area contributed by atoms with Crippen molar-refractivity contribution in [2.45, 2.75) is 38.5 Å². The summed E-state index contributed by atoms with van der Waals surface area (Å²) in [5.41, 5.74) is 4.76. The summed E-state index contributed by atoms with van der Waals surface area (Å²) >= 11 is 0.